The van der Waals surface area contributed by atoms with Crippen molar-refractivity contribution in [2.45, 2.75) is 27.7 Å². The summed E-state index contributed by atoms with van der Waals surface area (Å²) in [7, 11) is -3.55. The molecule has 0 atom stereocenters. The molecule has 33 heavy (non-hydrogen) atoms. The molecule has 3 aromatic rings. The molecule has 0 spiro atoms. The number of hydrogen-bond acceptors (Lipinski definition) is 6. The number of carbonyl (C=O) groups is 2. The molecule has 2 heterocycles. The lowest BCUT2D eigenvalue weighted by molar-refractivity contribution is 0.0844. The van der Waals surface area contributed by atoms with Gasteiger partial charge in [-0.05, 0) is 61.4 Å². The van der Waals surface area contributed by atoms with E-state index in [1.807, 2.05) is 30.3 Å². The first-order valence-electron chi connectivity index (χ1n) is 10.3. The summed E-state index contributed by atoms with van der Waals surface area (Å²) < 4.78 is 26.7. The third kappa shape index (κ3) is 5.41. The molecule has 170 valence electrons. The van der Waals surface area contributed by atoms with E-state index in [0.29, 0.717) is 23.7 Å². The second kappa shape index (κ2) is 10.2. The third-order valence-corrected chi connectivity index (χ3v) is 8.02. The number of nitrogens with one attached hydrogen (secondary N) is 2. The fraction of sp³-hybridized carbons (Fsp3) is 0.174. The van der Waals surface area contributed by atoms with Crippen LogP contribution in [-0.2, 0) is 10.0 Å². The minimum Gasteiger partial charge on any atom is -0.267 e. The zero-order valence-electron chi connectivity index (χ0n) is 17.6. The Morgan fingerprint density at radius 1 is 0.848 bits per heavy atom. The second-order valence-corrected chi connectivity index (χ2v) is 10.3. The number of pyridine rings is 1. The number of amides is 2. The van der Waals surface area contributed by atoms with Crippen molar-refractivity contribution >= 4 is 33.6 Å². The zero-order valence-corrected chi connectivity index (χ0v) is 19.2. The molecule has 1 aromatic heterocycles. The molecule has 0 saturated carbocycles. The number of benzene rings is 2. The Labute approximate surface area is 196 Å². The van der Waals surface area contributed by atoms with E-state index < -0.39 is 21.8 Å². The van der Waals surface area contributed by atoms with E-state index >= 15 is 0 Å². The van der Waals surface area contributed by atoms with Crippen LogP contribution in [0.25, 0.3) is 0 Å². The summed E-state index contributed by atoms with van der Waals surface area (Å²) in [5, 5.41) is 0.506. The predicted molar refractivity (Wildman–Crippen MR) is 124 cm³/mol. The maximum absolute atomic E-state index is 12.7. The first kappa shape index (κ1) is 23.0. The predicted octanol–water partition coefficient (Wildman–Crippen LogP) is 3.09. The Morgan fingerprint density at radius 3 is 2.21 bits per heavy atom. The van der Waals surface area contributed by atoms with Crippen molar-refractivity contribution in [2.75, 3.05) is 13.1 Å². The van der Waals surface area contributed by atoms with Crippen LogP contribution in [0.4, 0.5) is 0 Å². The van der Waals surface area contributed by atoms with Crippen molar-refractivity contribution in [3.05, 3.63) is 84.1 Å². The van der Waals surface area contributed by atoms with Crippen molar-refractivity contribution in [2.24, 2.45) is 0 Å². The van der Waals surface area contributed by atoms with Crippen LogP contribution in [0.15, 0.2) is 87.7 Å². The molecule has 4 rings (SSSR count). The van der Waals surface area contributed by atoms with Gasteiger partial charge in [0.15, 0.2) is 0 Å². The summed E-state index contributed by atoms with van der Waals surface area (Å²) in [6.45, 7) is 1.02. The van der Waals surface area contributed by atoms with Gasteiger partial charge in [-0.3, -0.25) is 20.4 Å². The Morgan fingerprint density at radius 2 is 1.52 bits per heavy atom. The summed E-state index contributed by atoms with van der Waals surface area (Å²) in [6.07, 6.45) is 3.29. The smallest absolute Gasteiger partial charge is 0.267 e. The molecule has 2 aromatic carbocycles. The number of hydrogen-bond donors (Lipinski definition) is 2. The van der Waals surface area contributed by atoms with Crippen LogP contribution in [0.2, 0.25) is 0 Å². The van der Waals surface area contributed by atoms with Crippen LogP contribution in [0.5, 0.6) is 0 Å². The van der Waals surface area contributed by atoms with Crippen molar-refractivity contribution < 1.29 is 18.0 Å². The van der Waals surface area contributed by atoms with E-state index in [1.165, 1.54) is 40.3 Å². The second-order valence-electron chi connectivity index (χ2n) is 7.32. The fourth-order valence-electron chi connectivity index (χ4n) is 3.35. The lowest BCUT2D eigenvalue weighted by Gasteiger charge is -2.15. The van der Waals surface area contributed by atoms with E-state index in [-0.39, 0.29) is 10.5 Å². The van der Waals surface area contributed by atoms with Crippen molar-refractivity contribution in [1.82, 2.24) is 20.1 Å². The zero-order chi connectivity index (χ0) is 23.3. The van der Waals surface area contributed by atoms with Gasteiger partial charge in [0.05, 0.1) is 10.5 Å². The highest BCUT2D eigenvalue weighted by molar-refractivity contribution is 7.99. The normalized spacial score (nSPS) is 14.1. The van der Waals surface area contributed by atoms with Gasteiger partial charge in [-0.2, -0.15) is 4.31 Å². The minimum absolute atomic E-state index is 0.142. The van der Waals surface area contributed by atoms with Crippen LogP contribution in [0.3, 0.4) is 0 Å². The van der Waals surface area contributed by atoms with Gasteiger partial charge < -0.3 is 0 Å². The summed E-state index contributed by atoms with van der Waals surface area (Å²) in [6, 6.07) is 18.4. The van der Waals surface area contributed by atoms with Crippen LogP contribution in [0.1, 0.15) is 33.6 Å². The molecule has 1 aliphatic rings. The average molecular weight is 483 g/mol. The third-order valence-electron chi connectivity index (χ3n) is 5.08. The molecule has 8 nitrogen and oxygen atoms in total. The van der Waals surface area contributed by atoms with Gasteiger partial charge in [0, 0.05) is 29.7 Å². The molecule has 1 saturated heterocycles. The van der Waals surface area contributed by atoms with Gasteiger partial charge in [0.25, 0.3) is 11.8 Å². The monoisotopic (exact) mass is 482 g/mol. The van der Waals surface area contributed by atoms with Gasteiger partial charge in [-0.25, -0.2) is 13.4 Å². The van der Waals surface area contributed by atoms with Crippen molar-refractivity contribution in [1.29, 1.82) is 0 Å². The van der Waals surface area contributed by atoms with Gasteiger partial charge in [0.1, 0.15) is 5.03 Å². The maximum Gasteiger partial charge on any atom is 0.272 e. The van der Waals surface area contributed by atoms with Crippen molar-refractivity contribution in [3.63, 3.8) is 0 Å². The fourth-order valence-corrected chi connectivity index (χ4v) is 5.77. The first-order chi connectivity index (χ1) is 15.9. The molecule has 10 heteroatoms. The molecule has 0 radical (unpaired) electrons. The van der Waals surface area contributed by atoms with Crippen molar-refractivity contribution in [3.8, 4) is 0 Å². The van der Waals surface area contributed by atoms with Gasteiger partial charge >= 0.3 is 0 Å². The molecule has 0 aliphatic carbocycles. The highest BCUT2D eigenvalue weighted by Gasteiger charge is 2.27. The van der Waals surface area contributed by atoms with E-state index in [4.69, 9.17) is 0 Å². The lowest BCUT2D eigenvalue weighted by atomic mass is 10.2. The molecule has 2 N–H and O–H groups in total. The quantitative estimate of drug-likeness (QED) is 0.523. The standard InChI is InChI=1S/C23H22N4O4S2/c28-21(17-10-12-19(13-11-17)33(30,31)27-15-4-5-16-27)25-26-22(29)20-9-6-14-24-23(20)32-18-7-2-1-3-8-18/h1-3,6-14H,4-5,15-16H2,(H,25,28)(H,26,29). The molecule has 0 bridgehead atoms. The molecular weight excluding hydrogens is 460 g/mol. The van der Waals surface area contributed by atoms with Gasteiger partial charge in [-0.1, -0.05) is 30.0 Å². The van der Waals surface area contributed by atoms with Crippen LogP contribution in [-0.4, -0.2) is 42.6 Å². The highest BCUT2D eigenvalue weighted by Crippen LogP contribution is 2.28. The van der Waals surface area contributed by atoms with Crippen LogP contribution >= 0.6 is 11.8 Å². The minimum atomic E-state index is -3.55. The van der Waals surface area contributed by atoms with Gasteiger partial charge in [-0.15, -0.1) is 0 Å². The Bertz CT molecular complexity index is 1240. The van der Waals surface area contributed by atoms with Gasteiger partial charge in [0.2, 0.25) is 10.0 Å². The summed E-state index contributed by atoms with van der Waals surface area (Å²) in [5.41, 5.74) is 5.30. The molecule has 1 fully saturated rings. The molecular formula is C23H22N4O4S2. The van der Waals surface area contributed by atoms with E-state index in [2.05, 4.69) is 15.8 Å². The summed E-state index contributed by atoms with van der Waals surface area (Å²) in [5.74, 6) is -1.07. The number of hydrazine groups is 1. The molecule has 2 amide bonds. The van der Waals surface area contributed by atoms with E-state index in [0.717, 1.165) is 17.7 Å². The Balaban J connectivity index is 1.40. The SMILES string of the molecule is O=C(NNC(=O)c1cccnc1Sc1ccccc1)c1ccc(S(=O)(=O)N2CCCC2)cc1. The first-order valence-corrected chi connectivity index (χ1v) is 12.6. The lowest BCUT2D eigenvalue weighted by Crippen LogP contribution is -2.41. The topological polar surface area (TPSA) is 108 Å². The molecule has 0 unspecified atom stereocenters. The molecule has 1 aliphatic heterocycles. The summed E-state index contributed by atoms with van der Waals surface area (Å²) in [4.78, 5) is 30.5. The number of sulfonamides is 1. The number of rotatable bonds is 6. The number of nitrogens with zero attached hydrogens (tertiary/aromatic N) is 2. The van der Waals surface area contributed by atoms with Crippen LogP contribution < -0.4 is 10.9 Å². The maximum atomic E-state index is 12.7. The number of carbonyl (C=O) groups excluding carboxylic acids is 2. The average Bonchev–Trinajstić information content (AvgIpc) is 3.39. The highest BCUT2D eigenvalue weighted by atomic mass is 32.2. The Kier molecular flexibility index (Phi) is 7.07. The summed E-state index contributed by atoms with van der Waals surface area (Å²) >= 11 is 1.34. The Hall–Kier alpha value is -3.21. The largest absolute Gasteiger partial charge is 0.272 e. The number of aromatic nitrogens is 1. The van der Waals surface area contributed by atoms with Crippen LogP contribution in [0, 0.1) is 0 Å². The van der Waals surface area contributed by atoms with E-state index in [1.54, 1.807) is 18.3 Å². The van der Waals surface area contributed by atoms with E-state index in [9.17, 15) is 18.0 Å².